The Labute approximate surface area is 146 Å². The summed E-state index contributed by atoms with van der Waals surface area (Å²) in [6.45, 7) is 12.2. The van der Waals surface area contributed by atoms with Crippen molar-refractivity contribution in [3.05, 3.63) is 0 Å². The van der Waals surface area contributed by atoms with E-state index in [1.807, 2.05) is 0 Å². The van der Waals surface area contributed by atoms with E-state index in [1.54, 1.807) is 0 Å². The number of nitrogens with one attached hydrogen (secondary N) is 2. The Morgan fingerprint density at radius 1 is 1.21 bits per heavy atom. The molecule has 136 valence electrons. The van der Waals surface area contributed by atoms with Gasteiger partial charge in [-0.1, -0.05) is 13.8 Å². The summed E-state index contributed by atoms with van der Waals surface area (Å²) in [6.07, 6.45) is 5.74. The normalized spacial score (nSPS) is 38.7. The van der Waals surface area contributed by atoms with Crippen LogP contribution in [0.15, 0.2) is 4.99 Å². The molecule has 2 saturated carbocycles. The van der Waals surface area contributed by atoms with Crippen LogP contribution in [0.1, 0.15) is 46.5 Å². The number of hydrogen-bond donors (Lipinski definition) is 2. The largest absolute Gasteiger partial charge is 0.377 e. The summed E-state index contributed by atoms with van der Waals surface area (Å²) in [7, 11) is 0. The van der Waals surface area contributed by atoms with Gasteiger partial charge in [-0.3, -0.25) is 4.99 Å². The molecule has 5 nitrogen and oxygen atoms in total. The van der Waals surface area contributed by atoms with Crippen molar-refractivity contribution >= 4 is 5.96 Å². The molecule has 4 atom stereocenters. The fraction of sp³-hybridized carbons (Fsp3) is 0.947. The molecule has 0 aromatic rings. The quantitative estimate of drug-likeness (QED) is 0.595. The number of fused-ring (bicyclic) bond motifs is 1. The average molecular weight is 335 g/mol. The van der Waals surface area contributed by atoms with Crippen LogP contribution in [0.5, 0.6) is 0 Å². The summed E-state index contributed by atoms with van der Waals surface area (Å²) in [4.78, 5) is 7.35. The van der Waals surface area contributed by atoms with Crippen molar-refractivity contribution in [2.75, 3.05) is 32.8 Å². The second-order valence-corrected chi connectivity index (χ2v) is 8.84. The molecular formula is C19H34N4O. The highest BCUT2D eigenvalue weighted by Crippen LogP contribution is 2.52. The second-order valence-electron chi connectivity index (χ2n) is 8.84. The zero-order chi connectivity index (χ0) is 16.7. The maximum absolute atomic E-state index is 5.92. The predicted octanol–water partition coefficient (Wildman–Crippen LogP) is 1.84. The van der Waals surface area contributed by atoms with Gasteiger partial charge in [0.15, 0.2) is 5.96 Å². The van der Waals surface area contributed by atoms with Crippen LogP contribution in [-0.2, 0) is 4.74 Å². The van der Waals surface area contributed by atoms with E-state index in [2.05, 4.69) is 36.3 Å². The van der Waals surface area contributed by atoms with E-state index in [4.69, 9.17) is 9.73 Å². The van der Waals surface area contributed by atoms with Crippen molar-refractivity contribution in [2.24, 2.45) is 22.2 Å². The van der Waals surface area contributed by atoms with Gasteiger partial charge in [-0.15, -0.1) is 0 Å². The SMILES string of the molecule is CCN=C(NC1CCN(CC2CC2)C1)NC1C2CCOC2C1(C)C. The Kier molecular flexibility index (Phi) is 4.50. The standard InChI is InChI=1S/C19H34N4O/c1-4-20-18(21-14-7-9-23(12-14)11-13-5-6-13)22-16-15-8-10-24-17(15)19(16,2)3/h13-17H,4-12H2,1-3H3,(H2,20,21,22). The highest BCUT2D eigenvalue weighted by Gasteiger charge is 2.59. The molecule has 2 saturated heterocycles. The Morgan fingerprint density at radius 2 is 2.04 bits per heavy atom. The molecule has 24 heavy (non-hydrogen) atoms. The van der Waals surface area contributed by atoms with Crippen molar-refractivity contribution in [2.45, 2.75) is 64.6 Å². The molecule has 2 aliphatic carbocycles. The Morgan fingerprint density at radius 3 is 2.79 bits per heavy atom. The summed E-state index contributed by atoms with van der Waals surface area (Å²) in [5, 5.41) is 7.46. The van der Waals surface area contributed by atoms with Gasteiger partial charge in [0.25, 0.3) is 0 Å². The van der Waals surface area contributed by atoms with Gasteiger partial charge in [-0.05, 0) is 38.5 Å². The molecule has 4 aliphatic rings. The number of nitrogens with zero attached hydrogens (tertiary/aromatic N) is 2. The van der Waals surface area contributed by atoms with Crippen LogP contribution in [0.4, 0.5) is 0 Å². The van der Waals surface area contributed by atoms with Crippen molar-refractivity contribution in [1.82, 2.24) is 15.5 Å². The third-order valence-electron chi connectivity index (χ3n) is 6.54. The van der Waals surface area contributed by atoms with Crippen LogP contribution >= 0.6 is 0 Å². The van der Waals surface area contributed by atoms with Gasteiger partial charge < -0.3 is 20.3 Å². The van der Waals surface area contributed by atoms with Crippen LogP contribution in [0.25, 0.3) is 0 Å². The highest BCUT2D eigenvalue weighted by atomic mass is 16.5. The van der Waals surface area contributed by atoms with Crippen LogP contribution in [0.2, 0.25) is 0 Å². The molecule has 0 spiro atoms. The van der Waals surface area contributed by atoms with Crippen molar-refractivity contribution in [3.63, 3.8) is 0 Å². The topological polar surface area (TPSA) is 48.9 Å². The van der Waals surface area contributed by atoms with Gasteiger partial charge in [0.05, 0.1) is 6.10 Å². The van der Waals surface area contributed by atoms with Crippen LogP contribution in [0.3, 0.4) is 0 Å². The van der Waals surface area contributed by atoms with E-state index < -0.39 is 0 Å². The molecule has 4 rings (SSSR count). The smallest absolute Gasteiger partial charge is 0.191 e. The average Bonchev–Trinajstić information content (AvgIpc) is 3.07. The van der Waals surface area contributed by atoms with E-state index >= 15 is 0 Å². The number of likely N-dealkylation sites (tertiary alicyclic amines) is 1. The van der Waals surface area contributed by atoms with Crippen molar-refractivity contribution < 1.29 is 4.74 Å². The first-order valence-electron chi connectivity index (χ1n) is 9.99. The van der Waals surface area contributed by atoms with Crippen LogP contribution < -0.4 is 10.6 Å². The molecule has 2 aliphatic heterocycles. The lowest BCUT2D eigenvalue weighted by molar-refractivity contribution is -0.106. The van der Waals surface area contributed by atoms with E-state index in [0.29, 0.717) is 24.1 Å². The van der Waals surface area contributed by atoms with Gasteiger partial charge in [-0.2, -0.15) is 0 Å². The second kappa shape index (κ2) is 6.49. The number of guanidine groups is 1. The van der Waals surface area contributed by atoms with E-state index in [1.165, 1.54) is 45.3 Å². The molecule has 0 aromatic heterocycles. The third kappa shape index (κ3) is 3.17. The number of hydrogen-bond acceptors (Lipinski definition) is 3. The molecule has 2 N–H and O–H groups in total. The number of ether oxygens (including phenoxy) is 1. The van der Waals surface area contributed by atoms with Crippen LogP contribution in [-0.4, -0.2) is 61.8 Å². The highest BCUT2D eigenvalue weighted by molar-refractivity contribution is 5.80. The van der Waals surface area contributed by atoms with Gasteiger partial charge in [-0.25, -0.2) is 0 Å². The number of aliphatic imine (C=N–C) groups is 1. The third-order valence-corrected chi connectivity index (χ3v) is 6.54. The zero-order valence-corrected chi connectivity index (χ0v) is 15.6. The van der Waals surface area contributed by atoms with Gasteiger partial charge >= 0.3 is 0 Å². The minimum Gasteiger partial charge on any atom is -0.377 e. The zero-order valence-electron chi connectivity index (χ0n) is 15.6. The lowest BCUT2D eigenvalue weighted by atomic mass is 9.57. The minimum absolute atomic E-state index is 0.199. The first-order valence-corrected chi connectivity index (χ1v) is 9.99. The summed E-state index contributed by atoms with van der Waals surface area (Å²) >= 11 is 0. The molecule has 2 heterocycles. The van der Waals surface area contributed by atoms with E-state index in [9.17, 15) is 0 Å². The summed E-state index contributed by atoms with van der Waals surface area (Å²) in [5.41, 5.74) is 0.199. The number of rotatable bonds is 5. The Hall–Kier alpha value is -0.810. The molecule has 0 amide bonds. The maximum Gasteiger partial charge on any atom is 0.191 e. The molecule has 5 heteroatoms. The monoisotopic (exact) mass is 334 g/mol. The molecule has 0 aromatic carbocycles. The Balaban J connectivity index is 1.32. The Bertz CT molecular complexity index is 488. The lowest BCUT2D eigenvalue weighted by Crippen LogP contribution is -2.68. The summed E-state index contributed by atoms with van der Waals surface area (Å²) in [6, 6.07) is 1.02. The maximum atomic E-state index is 5.92. The summed E-state index contributed by atoms with van der Waals surface area (Å²) < 4.78 is 5.92. The van der Waals surface area contributed by atoms with Crippen molar-refractivity contribution in [1.29, 1.82) is 0 Å². The van der Waals surface area contributed by atoms with Crippen LogP contribution in [0, 0.1) is 17.3 Å². The molecular weight excluding hydrogens is 300 g/mol. The van der Waals surface area contributed by atoms with Crippen molar-refractivity contribution in [3.8, 4) is 0 Å². The minimum atomic E-state index is 0.199. The van der Waals surface area contributed by atoms with E-state index in [0.717, 1.165) is 25.0 Å². The first kappa shape index (κ1) is 16.6. The lowest BCUT2D eigenvalue weighted by Gasteiger charge is -2.55. The molecule has 4 unspecified atom stereocenters. The fourth-order valence-corrected chi connectivity index (χ4v) is 5.03. The van der Waals surface area contributed by atoms with Gasteiger partial charge in [0, 0.05) is 56.2 Å². The van der Waals surface area contributed by atoms with Gasteiger partial charge in [0.2, 0.25) is 0 Å². The molecule has 0 radical (unpaired) electrons. The van der Waals surface area contributed by atoms with Gasteiger partial charge in [0.1, 0.15) is 0 Å². The van der Waals surface area contributed by atoms with E-state index in [-0.39, 0.29) is 5.41 Å². The fourth-order valence-electron chi connectivity index (χ4n) is 5.03. The summed E-state index contributed by atoms with van der Waals surface area (Å²) in [5.74, 6) is 2.65. The predicted molar refractivity (Wildman–Crippen MR) is 97.2 cm³/mol. The molecule has 0 bridgehead atoms. The first-order chi connectivity index (χ1) is 11.6. The molecule has 4 fully saturated rings.